The first kappa shape index (κ1) is 26.0. The Hall–Kier alpha value is -4.60. The number of carbonyl (C=O) groups is 2. The van der Waals surface area contributed by atoms with E-state index >= 15 is 0 Å². The number of rotatable bonds is 8. The third-order valence-electron chi connectivity index (χ3n) is 6.70. The maximum Gasteiger partial charge on any atom is 0.303 e. The average molecular weight is 526 g/mol. The molecule has 10 nitrogen and oxygen atoms in total. The third-order valence-corrected chi connectivity index (χ3v) is 6.70. The van der Waals surface area contributed by atoms with Crippen molar-refractivity contribution in [2.75, 3.05) is 37.7 Å². The summed E-state index contributed by atoms with van der Waals surface area (Å²) in [6, 6.07) is 14.2. The van der Waals surface area contributed by atoms with Gasteiger partial charge in [-0.3, -0.25) is 19.3 Å². The maximum atomic E-state index is 12.2. The highest BCUT2D eigenvalue weighted by Gasteiger charge is 2.22. The number of aromatic nitrogens is 5. The average Bonchev–Trinajstić information content (AvgIpc) is 3.42. The molecule has 0 unspecified atom stereocenters. The number of amides is 1. The number of aryl methyl sites for hydroxylation is 1. The van der Waals surface area contributed by atoms with E-state index < -0.39 is 5.97 Å². The molecule has 1 fully saturated rings. The van der Waals surface area contributed by atoms with Gasteiger partial charge in [-0.1, -0.05) is 12.1 Å². The Labute approximate surface area is 227 Å². The zero-order valence-corrected chi connectivity index (χ0v) is 22.2. The SMILES string of the molecule is CCn1cc(-c2ccnc(Cc3ccc(N4CCN(C(=O)COC(C)=O)CC4)cc3)n2)c(-c2cccnc2)n1. The molecule has 0 spiro atoms. The molecule has 1 aliphatic rings. The molecule has 1 amide bonds. The van der Waals surface area contributed by atoms with Gasteiger partial charge in [0.05, 0.1) is 5.69 Å². The van der Waals surface area contributed by atoms with E-state index in [0.717, 1.165) is 59.2 Å². The molecule has 0 saturated carbocycles. The molecule has 200 valence electrons. The number of piperazine rings is 1. The van der Waals surface area contributed by atoms with Crippen LogP contribution in [0.3, 0.4) is 0 Å². The number of anilines is 1. The standard InChI is InChI=1S/C29H31N7O3/c1-3-36-19-25(29(33-36)23-5-4-11-30-18-23)26-10-12-31-27(32-26)17-22-6-8-24(9-7-22)34-13-15-35(16-14-34)28(38)20-39-21(2)37/h4-12,18-19H,3,13-17,20H2,1-2H3. The Morgan fingerprint density at radius 2 is 1.79 bits per heavy atom. The lowest BCUT2D eigenvalue weighted by molar-refractivity contribution is -0.150. The van der Waals surface area contributed by atoms with Crippen molar-refractivity contribution in [3.05, 3.63) is 78.6 Å². The normalized spacial score (nSPS) is 13.4. The summed E-state index contributed by atoms with van der Waals surface area (Å²) in [5.74, 6) is 0.139. The first-order chi connectivity index (χ1) is 19.0. The second-order valence-electron chi connectivity index (χ2n) is 9.34. The molecule has 0 atom stereocenters. The van der Waals surface area contributed by atoms with Gasteiger partial charge in [0.15, 0.2) is 6.61 Å². The van der Waals surface area contributed by atoms with Crippen LogP contribution < -0.4 is 4.90 Å². The first-order valence-electron chi connectivity index (χ1n) is 13.1. The van der Waals surface area contributed by atoms with E-state index in [1.54, 1.807) is 17.3 Å². The van der Waals surface area contributed by atoms with Crippen molar-refractivity contribution in [1.29, 1.82) is 0 Å². The Balaban J connectivity index is 1.24. The topological polar surface area (TPSA) is 106 Å². The minimum atomic E-state index is -0.443. The molecule has 1 saturated heterocycles. The summed E-state index contributed by atoms with van der Waals surface area (Å²) in [6.45, 7) is 6.57. The molecule has 0 N–H and O–H groups in total. The van der Waals surface area contributed by atoms with E-state index in [0.29, 0.717) is 19.5 Å². The van der Waals surface area contributed by atoms with E-state index in [1.807, 2.05) is 35.3 Å². The van der Waals surface area contributed by atoms with Crippen LogP contribution in [-0.2, 0) is 27.3 Å². The Bertz CT molecular complexity index is 1430. The molecule has 0 bridgehead atoms. The van der Waals surface area contributed by atoms with Crippen LogP contribution in [0.1, 0.15) is 25.2 Å². The Kier molecular flexibility index (Phi) is 7.91. The number of nitrogens with zero attached hydrogens (tertiary/aromatic N) is 7. The van der Waals surface area contributed by atoms with Crippen LogP contribution in [0.25, 0.3) is 22.5 Å². The maximum absolute atomic E-state index is 12.2. The van der Waals surface area contributed by atoms with Crippen LogP contribution in [0.15, 0.2) is 67.3 Å². The van der Waals surface area contributed by atoms with Crippen molar-refractivity contribution in [3.8, 4) is 22.5 Å². The van der Waals surface area contributed by atoms with Gasteiger partial charge in [0.1, 0.15) is 11.5 Å². The summed E-state index contributed by atoms with van der Waals surface area (Å²) in [7, 11) is 0. The van der Waals surface area contributed by atoms with Crippen molar-refractivity contribution in [3.63, 3.8) is 0 Å². The minimum Gasteiger partial charge on any atom is -0.456 e. The van der Waals surface area contributed by atoms with E-state index in [1.165, 1.54) is 6.92 Å². The Morgan fingerprint density at radius 1 is 1.00 bits per heavy atom. The van der Waals surface area contributed by atoms with E-state index in [9.17, 15) is 9.59 Å². The highest BCUT2D eigenvalue weighted by molar-refractivity contribution is 5.80. The van der Waals surface area contributed by atoms with Crippen LogP contribution in [0.2, 0.25) is 0 Å². The van der Waals surface area contributed by atoms with Gasteiger partial charge in [-0.2, -0.15) is 5.10 Å². The fraction of sp³-hybridized carbons (Fsp3) is 0.310. The van der Waals surface area contributed by atoms with Gasteiger partial charge in [0.25, 0.3) is 5.91 Å². The fourth-order valence-corrected chi connectivity index (χ4v) is 4.60. The van der Waals surface area contributed by atoms with E-state index in [2.05, 4.69) is 46.1 Å². The molecular formula is C29H31N7O3. The predicted octanol–water partition coefficient (Wildman–Crippen LogP) is 3.22. The molecule has 10 heteroatoms. The summed E-state index contributed by atoms with van der Waals surface area (Å²) in [4.78, 5) is 40.8. The van der Waals surface area contributed by atoms with E-state index in [4.69, 9.17) is 14.8 Å². The highest BCUT2D eigenvalue weighted by Crippen LogP contribution is 2.29. The zero-order chi connectivity index (χ0) is 27.2. The van der Waals surface area contributed by atoms with Gasteiger partial charge in [0, 0.05) is 87.7 Å². The molecular weight excluding hydrogens is 494 g/mol. The third kappa shape index (κ3) is 6.28. The number of benzene rings is 1. The lowest BCUT2D eigenvalue weighted by atomic mass is 10.1. The van der Waals surface area contributed by atoms with Crippen LogP contribution in [-0.4, -0.2) is 74.3 Å². The lowest BCUT2D eigenvalue weighted by Gasteiger charge is -2.36. The lowest BCUT2D eigenvalue weighted by Crippen LogP contribution is -2.49. The highest BCUT2D eigenvalue weighted by atomic mass is 16.5. The molecule has 39 heavy (non-hydrogen) atoms. The number of hydrogen-bond donors (Lipinski definition) is 0. The van der Waals surface area contributed by atoms with Crippen LogP contribution >= 0.6 is 0 Å². The second kappa shape index (κ2) is 11.8. The van der Waals surface area contributed by atoms with E-state index in [-0.39, 0.29) is 12.5 Å². The zero-order valence-electron chi connectivity index (χ0n) is 22.2. The van der Waals surface area contributed by atoms with Crippen LogP contribution in [0.5, 0.6) is 0 Å². The van der Waals surface area contributed by atoms with Crippen LogP contribution in [0, 0.1) is 0 Å². The predicted molar refractivity (Wildman–Crippen MR) is 147 cm³/mol. The monoisotopic (exact) mass is 525 g/mol. The summed E-state index contributed by atoms with van der Waals surface area (Å²) >= 11 is 0. The van der Waals surface area contributed by atoms with Crippen molar-refractivity contribution >= 4 is 17.6 Å². The molecule has 5 rings (SSSR count). The largest absolute Gasteiger partial charge is 0.456 e. The smallest absolute Gasteiger partial charge is 0.303 e. The van der Waals surface area contributed by atoms with Crippen LogP contribution in [0.4, 0.5) is 5.69 Å². The molecule has 0 radical (unpaired) electrons. The van der Waals surface area contributed by atoms with Crippen molar-refractivity contribution < 1.29 is 14.3 Å². The summed E-state index contributed by atoms with van der Waals surface area (Å²) in [6.07, 6.45) is 7.99. The van der Waals surface area contributed by atoms with Gasteiger partial charge < -0.3 is 14.5 Å². The first-order valence-corrected chi connectivity index (χ1v) is 13.1. The number of hydrogen-bond acceptors (Lipinski definition) is 8. The molecule has 3 aromatic heterocycles. The van der Waals surface area contributed by atoms with Gasteiger partial charge in [-0.25, -0.2) is 9.97 Å². The quantitative estimate of drug-likeness (QED) is 0.323. The Morgan fingerprint density at radius 3 is 2.49 bits per heavy atom. The van der Waals surface area contributed by atoms with Gasteiger partial charge in [-0.15, -0.1) is 0 Å². The molecule has 4 heterocycles. The fourth-order valence-electron chi connectivity index (χ4n) is 4.60. The number of pyridine rings is 1. The van der Waals surface area contributed by atoms with Crippen molar-refractivity contribution in [2.24, 2.45) is 0 Å². The summed E-state index contributed by atoms with van der Waals surface area (Å²) < 4.78 is 6.74. The number of ether oxygens (including phenoxy) is 1. The summed E-state index contributed by atoms with van der Waals surface area (Å²) in [5.41, 5.74) is 5.80. The van der Waals surface area contributed by atoms with Crippen molar-refractivity contribution in [1.82, 2.24) is 29.6 Å². The molecule has 1 aromatic carbocycles. The second-order valence-corrected chi connectivity index (χ2v) is 9.34. The minimum absolute atomic E-state index is 0.156. The molecule has 1 aliphatic heterocycles. The number of esters is 1. The number of carbonyl (C=O) groups excluding carboxylic acids is 2. The summed E-state index contributed by atoms with van der Waals surface area (Å²) in [5, 5.41) is 4.74. The van der Waals surface area contributed by atoms with Gasteiger partial charge in [-0.05, 0) is 42.8 Å². The van der Waals surface area contributed by atoms with Gasteiger partial charge >= 0.3 is 5.97 Å². The molecule has 4 aromatic rings. The molecule has 0 aliphatic carbocycles. The van der Waals surface area contributed by atoms with Gasteiger partial charge in [0.2, 0.25) is 0 Å². The van der Waals surface area contributed by atoms with Crippen molar-refractivity contribution in [2.45, 2.75) is 26.8 Å².